The Labute approximate surface area is 150 Å². The Kier molecular flexibility index (Phi) is 4.92. The summed E-state index contributed by atoms with van der Waals surface area (Å²) in [6.07, 6.45) is 1.65. The van der Waals surface area contributed by atoms with Gasteiger partial charge in [-0.1, -0.05) is 0 Å². The van der Waals surface area contributed by atoms with Crippen LogP contribution in [0.3, 0.4) is 0 Å². The minimum Gasteiger partial charge on any atom is -0.347 e. The number of hydrogen-bond donors (Lipinski definition) is 1. The zero-order valence-corrected chi connectivity index (χ0v) is 14.8. The summed E-state index contributed by atoms with van der Waals surface area (Å²) in [5.41, 5.74) is 2.46. The normalized spacial score (nSPS) is 10.6. The van der Waals surface area contributed by atoms with E-state index in [4.69, 9.17) is 0 Å². The molecule has 0 saturated carbocycles. The zero-order chi connectivity index (χ0) is 18.7. The smallest absolute Gasteiger partial charge is 0.269 e. The van der Waals surface area contributed by atoms with Crippen molar-refractivity contribution >= 4 is 11.9 Å². The molecule has 26 heavy (non-hydrogen) atoms. The number of rotatable bonds is 5. The number of aryl methyl sites for hydroxylation is 1. The van der Waals surface area contributed by atoms with Crippen LogP contribution in [0.4, 0.5) is 10.3 Å². The van der Waals surface area contributed by atoms with E-state index in [2.05, 4.69) is 20.4 Å². The molecule has 8 heteroatoms. The maximum Gasteiger partial charge on any atom is 0.269 e. The van der Waals surface area contributed by atoms with Crippen LogP contribution in [-0.4, -0.2) is 39.8 Å². The highest BCUT2D eigenvalue weighted by Crippen LogP contribution is 2.19. The fourth-order valence-electron chi connectivity index (χ4n) is 2.40. The molecule has 0 saturated heterocycles. The van der Waals surface area contributed by atoms with Crippen molar-refractivity contribution < 1.29 is 9.18 Å². The summed E-state index contributed by atoms with van der Waals surface area (Å²) >= 11 is 0. The predicted molar refractivity (Wildman–Crippen MR) is 96.1 cm³/mol. The molecule has 0 fully saturated rings. The summed E-state index contributed by atoms with van der Waals surface area (Å²) in [5.74, 6) is -0.00107. The lowest BCUT2D eigenvalue weighted by Gasteiger charge is -2.11. The molecule has 0 atom stereocenters. The highest BCUT2D eigenvalue weighted by molar-refractivity contribution is 5.93. The van der Waals surface area contributed by atoms with Crippen molar-refractivity contribution in [1.82, 2.24) is 25.1 Å². The summed E-state index contributed by atoms with van der Waals surface area (Å²) in [4.78, 5) is 22.8. The first-order valence-corrected chi connectivity index (χ1v) is 8.01. The molecular formula is C18H19FN6O. The molecule has 0 aliphatic carbocycles. The third-order valence-electron chi connectivity index (χ3n) is 3.78. The summed E-state index contributed by atoms with van der Waals surface area (Å²) in [6, 6.07) is 9.41. The van der Waals surface area contributed by atoms with Crippen molar-refractivity contribution in [3.63, 3.8) is 0 Å². The van der Waals surface area contributed by atoms with Gasteiger partial charge in [-0.15, -0.1) is 0 Å². The van der Waals surface area contributed by atoms with Gasteiger partial charge in [0.05, 0.1) is 17.9 Å². The summed E-state index contributed by atoms with van der Waals surface area (Å²) < 4.78 is 14.6. The second-order valence-corrected chi connectivity index (χ2v) is 5.97. The van der Waals surface area contributed by atoms with Gasteiger partial charge in [0.25, 0.3) is 5.91 Å². The highest BCUT2D eigenvalue weighted by atomic mass is 19.1. The number of hydrogen-bond acceptors (Lipinski definition) is 5. The van der Waals surface area contributed by atoms with Crippen molar-refractivity contribution in [3.8, 4) is 11.3 Å². The van der Waals surface area contributed by atoms with E-state index in [0.29, 0.717) is 23.0 Å². The first-order valence-electron chi connectivity index (χ1n) is 8.01. The van der Waals surface area contributed by atoms with E-state index in [-0.39, 0.29) is 18.3 Å². The number of halogens is 1. The van der Waals surface area contributed by atoms with E-state index in [9.17, 15) is 9.18 Å². The van der Waals surface area contributed by atoms with Gasteiger partial charge in [-0.3, -0.25) is 9.48 Å². The SMILES string of the molecule is CN(C)c1nccc(CNC(=O)c2cc(-c3ccc(F)cc3)nn2C)n1. The lowest BCUT2D eigenvalue weighted by Crippen LogP contribution is -2.26. The van der Waals surface area contributed by atoms with Crippen LogP contribution in [0, 0.1) is 5.82 Å². The van der Waals surface area contributed by atoms with Gasteiger partial charge in [-0.05, 0) is 36.4 Å². The Morgan fingerprint density at radius 1 is 1.23 bits per heavy atom. The van der Waals surface area contributed by atoms with E-state index >= 15 is 0 Å². The predicted octanol–water partition coefficient (Wildman–Crippen LogP) is 2.01. The minimum absolute atomic E-state index is 0.265. The Morgan fingerprint density at radius 2 is 1.96 bits per heavy atom. The van der Waals surface area contributed by atoms with Gasteiger partial charge < -0.3 is 10.2 Å². The van der Waals surface area contributed by atoms with Gasteiger partial charge >= 0.3 is 0 Å². The topological polar surface area (TPSA) is 75.9 Å². The van der Waals surface area contributed by atoms with Gasteiger partial charge in [0.15, 0.2) is 0 Å². The van der Waals surface area contributed by atoms with Crippen molar-refractivity contribution in [1.29, 1.82) is 0 Å². The van der Waals surface area contributed by atoms with Crippen molar-refractivity contribution in [2.45, 2.75) is 6.54 Å². The van der Waals surface area contributed by atoms with Crippen molar-refractivity contribution in [2.24, 2.45) is 7.05 Å². The van der Waals surface area contributed by atoms with Crippen LogP contribution in [0.1, 0.15) is 16.2 Å². The number of anilines is 1. The van der Waals surface area contributed by atoms with Gasteiger partial charge in [-0.25, -0.2) is 14.4 Å². The van der Waals surface area contributed by atoms with Crippen LogP contribution < -0.4 is 10.2 Å². The van der Waals surface area contributed by atoms with Gasteiger partial charge in [0, 0.05) is 32.9 Å². The van der Waals surface area contributed by atoms with E-state index < -0.39 is 0 Å². The van der Waals surface area contributed by atoms with E-state index in [0.717, 1.165) is 5.56 Å². The molecule has 2 aromatic heterocycles. The summed E-state index contributed by atoms with van der Waals surface area (Å²) in [6.45, 7) is 0.277. The molecule has 1 N–H and O–H groups in total. The molecule has 0 bridgehead atoms. The summed E-state index contributed by atoms with van der Waals surface area (Å²) in [5, 5.41) is 7.15. The van der Waals surface area contributed by atoms with E-state index in [1.54, 1.807) is 42.4 Å². The zero-order valence-electron chi connectivity index (χ0n) is 14.8. The molecule has 1 aromatic carbocycles. The molecule has 0 unspecified atom stereocenters. The highest BCUT2D eigenvalue weighted by Gasteiger charge is 2.14. The quantitative estimate of drug-likeness (QED) is 0.759. The number of nitrogens with one attached hydrogen (secondary N) is 1. The van der Waals surface area contributed by atoms with E-state index in [1.165, 1.54) is 16.8 Å². The van der Waals surface area contributed by atoms with Gasteiger partial charge in [-0.2, -0.15) is 5.10 Å². The molecule has 134 valence electrons. The van der Waals surface area contributed by atoms with E-state index in [1.807, 2.05) is 14.1 Å². The van der Waals surface area contributed by atoms with Crippen LogP contribution in [0.25, 0.3) is 11.3 Å². The van der Waals surface area contributed by atoms with Crippen LogP contribution in [0.15, 0.2) is 42.6 Å². The Hall–Kier alpha value is -3.29. The number of carbonyl (C=O) groups is 1. The second kappa shape index (κ2) is 7.30. The first kappa shape index (κ1) is 17.5. The molecule has 0 spiro atoms. The van der Waals surface area contributed by atoms with Crippen LogP contribution >= 0.6 is 0 Å². The monoisotopic (exact) mass is 354 g/mol. The molecule has 0 aliphatic rings. The fourth-order valence-corrected chi connectivity index (χ4v) is 2.40. The maximum atomic E-state index is 13.1. The average Bonchev–Trinajstić information content (AvgIpc) is 3.02. The van der Waals surface area contributed by atoms with Crippen LogP contribution in [-0.2, 0) is 13.6 Å². The molecule has 0 radical (unpaired) electrons. The lowest BCUT2D eigenvalue weighted by atomic mass is 10.1. The average molecular weight is 354 g/mol. The molecular weight excluding hydrogens is 335 g/mol. The lowest BCUT2D eigenvalue weighted by molar-refractivity contribution is 0.0941. The standard InChI is InChI=1S/C18H19FN6O/c1-24(2)18-20-9-8-14(22-18)11-21-17(26)16-10-15(23-25(16)3)12-4-6-13(19)7-5-12/h4-10H,11H2,1-3H3,(H,21,26). The number of amides is 1. The molecule has 0 aliphatic heterocycles. The number of carbonyl (C=O) groups excluding carboxylic acids is 1. The fraction of sp³-hybridized carbons (Fsp3) is 0.222. The molecule has 1 amide bonds. The number of nitrogens with zero attached hydrogens (tertiary/aromatic N) is 5. The molecule has 2 heterocycles. The molecule has 3 aromatic rings. The Balaban J connectivity index is 1.72. The first-order chi connectivity index (χ1) is 12.4. The van der Waals surface area contributed by atoms with Gasteiger partial charge in [0.1, 0.15) is 11.5 Å². The molecule has 7 nitrogen and oxygen atoms in total. The van der Waals surface area contributed by atoms with Crippen molar-refractivity contribution in [2.75, 3.05) is 19.0 Å². The maximum absolute atomic E-state index is 13.1. The van der Waals surface area contributed by atoms with Gasteiger partial charge in [0.2, 0.25) is 5.95 Å². The minimum atomic E-state index is -0.315. The number of benzene rings is 1. The molecule has 3 rings (SSSR count). The third-order valence-corrected chi connectivity index (χ3v) is 3.78. The third kappa shape index (κ3) is 3.85. The van der Waals surface area contributed by atoms with Crippen LogP contribution in [0.5, 0.6) is 0 Å². The Morgan fingerprint density at radius 3 is 2.65 bits per heavy atom. The second-order valence-electron chi connectivity index (χ2n) is 5.97. The Bertz CT molecular complexity index is 920. The number of aromatic nitrogens is 4. The van der Waals surface area contributed by atoms with Crippen LogP contribution in [0.2, 0.25) is 0 Å². The summed E-state index contributed by atoms with van der Waals surface area (Å²) in [7, 11) is 5.39. The van der Waals surface area contributed by atoms with Crippen molar-refractivity contribution in [3.05, 3.63) is 59.8 Å². The largest absolute Gasteiger partial charge is 0.347 e.